The molecule has 138 valence electrons. The Morgan fingerprint density at radius 3 is 2.81 bits per heavy atom. The van der Waals surface area contributed by atoms with Crippen LogP contribution in [0.4, 0.5) is 5.00 Å². The normalized spacial score (nSPS) is 21.8. The fourth-order valence-electron chi connectivity index (χ4n) is 4.42. The summed E-state index contributed by atoms with van der Waals surface area (Å²) in [6.45, 7) is 0. The van der Waals surface area contributed by atoms with Crippen molar-refractivity contribution in [3.63, 3.8) is 0 Å². The molecule has 0 aliphatic heterocycles. The highest BCUT2D eigenvalue weighted by molar-refractivity contribution is 7.16. The highest BCUT2D eigenvalue weighted by Gasteiger charge is 2.47. The number of nitrogens with zero attached hydrogens (tertiary/aromatic N) is 3. The number of nitrogens with two attached hydrogens (primary N) is 1. The summed E-state index contributed by atoms with van der Waals surface area (Å²) in [7, 11) is 0. The lowest BCUT2D eigenvalue weighted by molar-refractivity contribution is 0.232. The number of nitriles is 1. The Balaban J connectivity index is 1.88. The maximum absolute atomic E-state index is 11.3. The number of aliphatic hydroxyl groups excluding tert-OH is 1. The summed E-state index contributed by atoms with van der Waals surface area (Å²) in [6.07, 6.45) is 6.19. The van der Waals surface area contributed by atoms with E-state index in [2.05, 4.69) is 16.0 Å². The molecule has 6 nitrogen and oxygen atoms in total. The van der Waals surface area contributed by atoms with Gasteiger partial charge < -0.3 is 10.8 Å². The molecule has 2 aliphatic carbocycles. The van der Waals surface area contributed by atoms with Gasteiger partial charge in [-0.2, -0.15) is 5.26 Å². The predicted octanol–water partition coefficient (Wildman–Crippen LogP) is 4.28. The Bertz CT molecular complexity index is 1020. The van der Waals surface area contributed by atoms with Gasteiger partial charge in [0.25, 0.3) is 0 Å². The molecule has 0 amide bonds. The summed E-state index contributed by atoms with van der Waals surface area (Å²) in [5.74, 6) is 0.184. The van der Waals surface area contributed by atoms with Gasteiger partial charge >= 0.3 is 0 Å². The van der Waals surface area contributed by atoms with Crippen molar-refractivity contribution in [2.45, 2.75) is 43.9 Å². The topological polar surface area (TPSA) is 120 Å². The fourth-order valence-corrected chi connectivity index (χ4v) is 5.73. The molecule has 0 unspecified atom stereocenters. The van der Waals surface area contributed by atoms with E-state index in [4.69, 9.17) is 22.7 Å². The number of thiophene rings is 1. The Labute approximate surface area is 165 Å². The molecule has 2 aromatic heterocycles. The minimum absolute atomic E-state index is 0.0696. The van der Waals surface area contributed by atoms with Gasteiger partial charge in [-0.15, -0.1) is 11.3 Å². The molecule has 2 aliphatic rings. The highest BCUT2D eigenvalue weighted by Crippen LogP contribution is 2.54. The molecule has 0 aromatic carbocycles. The summed E-state index contributed by atoms with van der Waals surface area (Å²) in [5, 5.41) is 30.2. The minimum Gasteiger partial charge on any atom is -0.511 e. The SMILES string of the molecule is N#Cc1c(N)sc2c1[C@]1(CCCC(C(=N)c3ccnc(Cl)n3)=C1O)CCC2. The number of nitrogens with one attached hydrogen (secondary N) is 1. The number of fused-ring (bicyclic) bond motifs is 2. The summed E-state index contributed by atoms with van der Waals surface area (Å²) in [6, 6.07) is 3.86. The fraction of sp³-hybridized carbons (Fsp3) is 0.368. The number of anilines is 1. The van der Waals surface area contributed by atoms with Crippen LogP contribution in [0.2, 0.25) is 5.28 Å². The maximum atomic E-state index is 11.3. The number of allylic oxidation sites excluding steroid dienone is 2. The van der Waals surface area contributed by atoms with Gasteiger partial charge in [-0.25, -0.2) is 9.97 Å². The van der Waals surface area contributed by atoms with Gasteiger partial charge in [0.1, 0.15) is 16.8 Å². The van der Waals surface area contributed by atoms with Gasteiger partial charge in [-0.1, -0.05) is 0 Å². The molecule has 1 atom stereocenters. The first-order valence-electron chi connectivity index (χ1n) is 8.80. The Morgan fingerprint density at radius 1 is 1.37 bits per heavy atom. The quantitative estimate of drug-likeness (QED) is 0.514. The number of hydrogen-bond acceptors (Lipinski definition) is 7. The number of aliphatic hydroxyl groups is 1. The molecule has 0 saturated heterocycles. The van der Waals surface area contributed by atoms with Crippen molar-refractivity contribution in [2.24, 2.45) is 0 Å². The molecule has 0 fully saturated rings. The van der Waals surface area contributed by atoms with E-state index in [1.54, 1.807) is 6.07 Å². The molecule has 8 heteroatoms. The molecular weight excluding hydrogens is 382 g/mol. The third-order valence-electron chi connectivity index (χ3n) is 5.56. The van der Waals surface area contributed by atoms with Crippen LogP contribution in [0.1, 0.15) is 53.8 Å². The Morgan fingerprint density at radius 2 is 2.11 bits per heavy atom. The van der Waals surface area contributed by atoms with Crippen LogP contribution < -0.4 is 5.73 Å². The molecule has 0 saturated carbocycles. The van der Waals surface area contributed by atoms with Crippen LogP contribution in [0.5, 0.6) is 0 Å². The second-order valence-corrected chi connectivity index (χ2v) is 8.43. The Kier molecular flexibility index (Phi) is 4.41. The van der Waals surface area contributed by atoms with Gasteiger partial charge in [-0.05, 0) is 61.8 Å². The van der Waals surface area contributed by atoms with Crippen LogP contribution in [0, 0.1) is 16.7 Å². The van der Waals surface area contributed by atoms with E-state index in [-0.39, 0.29) is 16.8 Å². The van der Waals surface area contributed by atoms with Gasteiger partial charge in [0.15, 0.2) is 0 Å². The smallest absolute Gasteiger partial charge is 0.222 e. The largest absolute Gasteiger partial charge is 0.511 e. The summed E-state index contributed by atoms with van der Waals surface area (Å²) >= 11 is 7.32. The first-order chi connectivity index (χ1) is 13.0. The molecule has 27 heavy (non-hydrogen) atoms. The zero-order valence-corrected chi connectivity index (χ0v) is 16.1. The highest BCUT2D eigenvalue weighted by atomic mass is 35.5. The number of halogens is 1. The van der Waals surface area contributed by atoms with Crippen LogP contribution in [0.25, 0.3) is 0 Å². The molecular formula is C19H18ClN5OS. The van der Waals surface area contributed by atoms with Crippen molar-refractivity contribution in [3.8, 4) is 6.07 Å². The predicted molar refractivity (Wildman–Crippen MR) is 105 cm³/mol. The van der Waals surface area contributed by atoms with Gasteiger partial charge in [0.2, 0.25) is 5.28 Å². The molecule has 4 rings (SSSR count). The van der Waals surface area contributed by atoms with Crippen LogP contribution in [0.15, 0.2) is 23.6 Å². The maximum Gasteiger partial charge on any atom is 0.222 e. The lowest BCUT2D eigenvalue weighted by Gasteiger charge is -2.41. The van der Waals surface area contributed by atoms with Crippen molar-refractivity contribution >= 4 is 33.7 Å². The van der Waals surface area contributed by atoms with Crippen molar-refractivity contribution in [1.82, 2.24) is 9.97 Å². The van der Waals surface area contributed by atoms with E-state index in [0.717, 1.165) is 42.5 Å². The molecule has 2 heterocycles. The lowest BCUT2D eigenvalue weighted by Crippen LogP contribution is -2.37. The first-order valence-corrected chi connectivity index (χ1v) is 9.99. The summed E-state index contributed by atoms with van der Waals surface area (Å²) in [5.41, 5.74) is 7.93. The van der Waals surface area contributed by atoms with Gasteiger partial charge in [0.05, 0.1) is 22.4 Å². The zero-order valence-electron chi connectivity index (χ0n) is 14.5. The number of aryl methyl sites for hydroxylation is 1. The van der Waals surface area contributed by atoms with Crippen LogP contribution in [0.3, 0.4) is 0 Å². The van der Waals surface area contributed by atoms with Crippen LogP contribution in [-0.4, -0.2) is 20.8 Å². The third-order valence-corrected chi connectivity index (χ3v) is 6.82. The summed E-state index contributed by atoms with van der Waals surface area (Å²) < 4.78 is 0. The third kappa shape index (κ3) is 2.71. The number of aromatic nitrogens is 2. The van der Waals surface area contributed by atoms with E-state index in [9.17, 15) is 10.4 Å². The van der Waals surface area contributed by atoms with Crippen molar-refractivity contribution in [2.75, 3.05) is 5.73 Å². The second kappa shape index (κ2) is 6.63. The monoisotopic (exact) mass is 399 g/mol. The van der Waals surface area contributed by atoms with Gasteiger partial charge in [-0.3, -0.25) is 5.41 Å². The van der Waals surface area contributed by atoms with Gasteiger partial charge in [0, 0.05) is 16.6 Å². The first kappa shape index (κ1) is 18.0. The van der Waals surface area contributed by atoms with E-state index in [1.165, 1.54) is 17.5 Å². The lowest BCUT2D eigenvalue weighted by atomic mass is 9.63. The molecule has 0 bridgehead atoms. The molecule has 0 radical (unpaired) electrons. The summed E-state index contributed by atoms with van der Waals surface area (Å²) in [4.78, 5) is 9.05. The number of nitrogen functional groups attached to an aromatic ring is 1. The van der Waals surface area contributed by atoms with E-state index in [1.807, 2.05) is 0 Å². The van der Waals surface area contributed by atoms with E-state index < -0.39 is 5.41 Å². The molecule has 2 aromatic rings. The van der Waals surface area contributed by atoms with E-state index >= 15 is 0 Å². The number of hydrogen-bond donors (Lipinski definition) is 3. The number of rotatable bonds is 2. The average Bonchev–Trinajstić information content (AvgIpc) is 3.00. The van der Waals surface area contributed by atoms with Crippen LogP contribution in [-0.2, 0) is 11.8 Å². The standard InChI is InChI=1S/C19H18ClN5OS/c20-18-24-8-5-12(25-18)15(22)10-3-1-6-19(16(10)26)7-2-4-13-14(19)11(9-21)17(23)27-13/h5,8,22,26H,1-4,6-7,23H2/t19-/m0/s1. The van der Waals surface area contributed by atoms with Crippen molar-refractivity contribution in [1.29, 1.82) is 10.7 Å². The molecule has 4 N–H and O–H groups in total. The zero-order chi connectivity index (χ0) is 19.2. The second-order valence-electron chi connectivity index (χ2n) is 6.95. The molecule has 1 spiro atoms. The minimum atomic E-state index is -0.635. The van der Waals surface area contributed by atoms with Crippen LogP contribution >= 0.6 is 22.9 Å². The van der Waals surface area contributed by atoms with E-state index in [0.29, 0.717) is 28.3 Å². The van der Waals surface area contributed by atoms with Crippen molar-refractivity contribution < 1.29 is 5.11 Å². The van der Waals surface area contributed by atoms with Crippen molar-refractivity contribution in [3.05, 3.63) is 50.6 Å². The average molecular weight is 400 g/mol. The Hall–Kier alpha value is -2.43.